The van der Waals surface area contributed by atoms with Gasteiger partial charge in [-0.2, -0.15) is 13.2 Å². The minimum absolute atomic E-state index is 0.281. The van der Waals surface area contributed by atoms with Crippen molar-refractivity contribution in [3.63, 3.8) is 0 Å². The predicted molar refractivity (Wildman–Crippen MR) is 57.2 cm³/mol. The summed E-state index contributed by atoms with van der Waals surface area (Å²) in [4.78, 5) is 0. The van der Waals surface area contributed by atoms with Crippen molar-refractivity contribution in [1.29, 1.82) is 0 Å². The molecule has 1 saturated carbocycles. The molecular weight excluding hydrogens is 213 g/mol. The Morgan fingerprint density at radius 3 is 2.19 bits per heavy atom. The van der Waals surface area contributed by atoms with Gasteiger partial charge in [0.1, 0.15) is 0 Å². The van der Waals surface area contributed by atoms with Gasteiger partial charge in [-0.15, -0.1) is 0 Å². The largest absolute Gasteiger partial charge is 0.392 e. The quantitative estimate of drug-likeness (QED) is 0.662. The summed E-state index contributed by atoms with van der Waals surface area (Å²) in [6, 6.07) is 9.10. The van der Waals surface area contributed by atoms with Crippen LogP contribution in [-0.2, 0) is 0 Å². The van der Waals surface area contributed by atoms with E-state index in [2.05, 4.69) is 0 Å². The maximum Gasteiger partial charge on any atom is 0.392 e. The Hall–Kier alpha value is -0.990. The fourth-order valence-corrected chi connectivity index (χ4v) is 2.62. The van der Waals surface area contributed by atoms with Crippen molar-refractivity contribution in [2.45, 2.75) is 37.8 Å². The molecule has 0 nitrogen and oxygen atoms in total. The molecule has 16 heavy (non-hydrogen) atoms. The van der Waals surface area contributed by atoms with Gasteiger partial charge in [0, 0.05) is 0 Å². The van der Waals surface area contributed by atoms with Crippen LogP contribution >= 0.6 is 0 Å². The molecule has 1 aromatic rings. The minimum Gasteiger partial charge on any atom is -0.171 e. The third-order valence-corrected chi connectivity index (χ3v) is 3.41. The molecule has 0 aromatic heterocycles. The molecule has 1 aromatic carbocycles. The maximum absolute atomic E-state index is 12.9. The van der Waals surface area contributed by atoms with Gasteiger partial charge in [0.15, 0.2) is 0 Å². The van der Waals surface area contributed by atoms with Crippen LogP contribution in [-0.4, -0.2) is 6.18 Å². The van der Waals surface area contributed by atoms with E-state index < -0.39 is 12.1 Å². The van der Waals surface area contributed by atoms with Crippen molar-refractivity contribution < 1.29 is 13.2 Å². The van der Waals surface area contributed by atoms with E-state index >= 15 is 0 Å². The van der Waals surface area contributed by atoms with E-state index in [1.807, 2.05) is 30.3 Å². The Balaban J connectivity index is 2.24. The first-order valence-corrected chi connectivity index (χ1v) is 5.70. The van der Waals surface area contributed by atoms with E-state index in [9.17, 15) is 13.2 Å². The first-order chi connectivity index (χ1) is 7.59. The fourth-order valence-electron chi connectivity index (χ4n) is 2.62. The van der Waals surface area contributed by atoms with Crippen LogP contribution < -0.4 is 0 Å². The van der Waals surface area contributed by atoms with E-state index in [1.165, 1.54) is 0 Å². The SMILES string of the molecule is FC(F)(F)[C@H]1CCCC[C@H]1c1ccccc1. The van der Waals surface area contributed by atoms with Crippen molar-refractivity contribution in [2.24, 2.45) is 5.92 Å². The van der Waals surface area contributed by atoms with Crippen LogP contribution in [0.25, 0.3) is 0 Å². The topological polar surface area (TPSA) is 0 Å². The molecular formula is C13H15F3. The van der Waals surface area contributed by atoms with E-state index in [4.69, 9.17) is 0 Å². The van der Waals surface area contributed by atoms with Crippen LogP contribution in [0.15, 0.2) is 30.3 Å². The van der Waals surface area contributed by atoms with Gasteiger partial charge >= 0.3 is 6.18 Å². The molecule has 0 amide bonds. The first kappa shape index (κ1) is 11.5. The summed E-state index contributed by atoms with van der Waals surface area (Å²) in [6.07, 6.45) is -1.50. The van der Waals surface area contributed by atoms with Gasteiger partial charge in [-0.1, -0.05) is 43.2 Å². The zero-order valence-corrected chi connectivity index (χ0v) is 9.00. The number of hydrogen-bond acceptors (Lipinski definition) is 0. The summed E-state index contributed by atoms with van der Waals surface area (Å²) in [5.74, 6) is -1.49. The third-order valence-electron chi connectivity index (χ3n) is 3.41. The summed E-state index contributed by atoms with van der Waals surface area (Å²) < 4.78 is 38.6. The lowest BCUT2D eigenvalue weighted by molar-refractivity contribution is -0.187. The van der Waals surface area contributed by atoms with Gasteiger partial charge in [-0.05, 0) is 24.3 Å². The first-order valence-electron chi connectivity index (χ1n) is 5.70. The standard InChI is InChI=1S/C13H15F3/c14-13(15,16)12-9-5-4-8-11(12)10-6-2-1-3-7-10/h1-3,6-7,11-12H,4-5,8-9H2/t11-,12-/m0/s1. The van der Waals surface area contributed by atoms with Gasteiger partial charge in [-0.3, -0.25) is 0 Å². The average molecular weight is 228 g/mol. The zero-order chi connectivity index (χ0) is 11.6. The molecule has 0 spiro atoms. The molecule has 0 aliphatic heterocycles. The van der Waals surface area contributed by atoms with Crippen LogP contribution in [0, 0.1) is 5.92 Å². The predicted octanol–water partition coefficient (Wildman–Crippen LogP) is 4.52. The van der Waals surface area contributed by atoms with Gasteiger partial charge in [0.05, 0.1) is 5.92 Å². The van der Waals surface area contributed by atoms with E-state index in [1.54, 1.807) is 0 Å². The number of hydrogen-bond donors (Lipinski definition) is 0. The highest BCUT2D eigenvalue weighted by Gasteiger charge is 2.45. The van der Waals surface area contributed by atoms with Crippen molar-refractivity contribution >= 4 is 0 Å². The van der Waals surface area contributed by atoms with Gasteiger partial charge in [-0.25, -0.2) is 0 Å². The minimum atomic E-state index is -4.05. The molecule has 0 radical (unpaired) electrons. The van der Waals surface area contributed by atoms with E-state index in [-0.39, 0.29) is 12.3 Å². The van der Waals surface area contributed by atoms with E-state index in [0.717, 1.165) is 12.0 Å². The smallest absolute Gasteiger partial charge is 0.171 e. The summed E-state index contributed by atoms with van der Waals surface area (Å²) in [5.41, 5.74) is 0.838. The highest BCUT2D eigenvalue weighted by molar-refractivity contribution is 5.21. The normalized spacial score (nSPS) is 26.7. The maximum atomic E-state index is 12.9. The zero-order valence-electron chi connectivity index (χ0n) is 9.00. The van der Waals surface area contributed by atoms with Crippen LogP contribution in [0.2, 0.25) is 0 Å². The van der Waals surface area contributed by atoms with Crippen molar-refractivity contribution in [1.82, 2.24) is 0 Å². The molecule has 0 heterocycles. The van der Waals surface area contributed by atoms with Crippen molar-refractivity contribution in [3.05, 3.63) is 35.9 Å². The molecule has 88 valence electrons. The lowest BCUT2D eigenvalue weighted by Crippen LogP contribution is -2.31. The van der Waals surface area contributed by atoms with Crippen molar-refractivity contribution in [3.8, 4) is 0 Å². The summed E-state index contributed by atoms with van der Waals surface area (Å²) in [5, 5.41) is 0. The Kier molecular flexibility index (Phi) is 3.22. The van der Waals surface area contributed by atoms with Gasteiger partial charge in [0.2, 0.25) is 0 Å². The Labute approximate surface area is 93.5 Å². The fraction of sp³-hybridized carbons (Fsp3) is 0.538. The molecule has 3 heteroatoms. The number of alkyl halides is 3. The Bertz CT molecular complexity index is 329. The van der Waals surface area contributed by atoms with Crippen molar-refractivity contribution in [2.75, 3.05) is 0 Å². The van der Waals surface area contributed by atoms with Gasteiger partial charge in [0.25, 0.3) is 0 Å². The third kappa shape index (κ3) is 2.39. The highest BCUT2D eigenvalue weighted by atomic mass is 19.4. The number of rotatable bonds is 1. The average Bonchev–Trinajstić information content (AvgIpc) is 2.29. The second kappa shape index (κ2) is 4.48. The molecule has 0 unspecified atom stereocenters. The molecule has 2 rings (SSSR count). The Morgan fingerprint density at radius 1 is 0.938 bits per heavy atom. The molecule has 0 saturated heterocycles. The van der Waals surface area contributed by atoms with Crippen LogP contribution in [0.1, 0.15) is 37.2 Å². The molecule has 2 atom stereocenters. The van der Waals surface area contributed by atoms with Gasteiger partial charge < -0.3 is 0 Å². The van der Waals surface area contributed by atoms with Crippen LogP contribution in [0.4, 0.5) is 13.2 Å². The molecule has 0 N–H and O–H groups in total. The van der Waals surface area contributed by atoms with Crippen LogP contribution in [0.5, 0.6) is 0 Å². The molecule has 1 aliphatic carbocycles. The number of benzene rings is 1. The molecule has 1 fully saturated rings. The second-order valence-corrected chi connectivity index (χ2v) is 4.45. The van der Waals surface area contributed by atoms with Crippen LogP contribution in [0.3, 0.4) is 0 Å². The lowest BCUT2D eigenvalue weighted by atomic mass is 9.75. The number of halogens is 3. The molecule has 1 aliphatic rings. The summed E-state index contributed by atoms with van der Waals surface area (Å²) in [6.45, 7) is 0. The van der Waals surface area contributed by atoms with E-state index in [0.29, 0.717) is 12.8 Å². The summed E-state index contributed by atoms with van der Waals surface area (Å²) >= 11 is 0. The Morgan fingerprint density at radius 2 is 1.56 bits per heavy atom. The monoisotopic (exact) mass is 228 g/mol. The lowest BCUT2D eigenvalue weighted by Gasteiger charge is -2.33. The second-order valence-electron chi connectivity index (χ2n) is 4.45. The highest BCUT2D eigenvalue weighted by Crippen LogP contribution is 2.46. The summed E-state index contributed by atoms with van der Waals surface area (Å²) in [7, 11) is 0. The molecule has 0 bridgehead atoms.